The van der Waals surface area contributed by atoms with Gasteiger partial charge in [0.15, 0.2) is 5.88 Å². The molecule has 1 saturated carbocycles. The van der Waals surface area contributed by atoms with E-state index in [-0.39, 0.29) is 0 Å². The average molecular weight is 247 g/mol. The molecule has 98 valence electrons. The van der Waals surface area contributed by atoms with E-state index in [1.165, 1.54) is 32.1 Å². The summed E-state index contributed by atoms with van der Waals surface area (Å²) in [5.74, 6) is 2.01. The third-order valence-electron chi connectivity index (χ3n) is 3.89. The monoisotopic (exact) mass is 247 g/mol. The molecule has 1 aliphatic rings. The highest BCUT2D eigenvalue weighted by Crippen LogP contribution is 2.35. The summed E-state index contributed by atoms with van der Waals surface area (Å²) in [5.41, 5.74) is 7.51. The van der Waals surface area contributed by atoms with Crippen molar-refractivity contribution in [3.8, 4) is 0 Å². The summed E-state index contributed by atoms with van der Waals surface area (Å²) < 4.78 is 7.85. The molecule has 2 aromatic rings. The van der Waals surface area contributed by atoms with Crippen molar-refractivity contribution in [2.24, 2.45) is 0 Å². The molecule has 1 aliphatic carbocycles. The zero-order chi connectivity index (χ0) is 12.7. The van der Waals surface area contributed by atoms with E-state index in [4.69, 9.17) is 10.2 Å². The fourth-order valence-electron chi connectivity index (χ4n) is 3.05. The first-order valence-electron chi connectivity index (χ1n) is 6.94. The van der Waals surface area contributed by atoms with Gasteiger partial charge in [-0.05, 0) is 12.8 Å². The third-order valence-corrected chi connectivity index (χ3v) is 3.89. The van der Waals surface area contributed by atoms with Gasteiger partial charge in [0.05, 0.1) is 0 Å². The molecule has 0 radical (unpaired) electrons. The van der Waals surface area contributed by atoms with Gasteiger partial charge in [-0.25, -0.2) is 0 Å². The molecule has 0 aromatic carbocycles. The second kappa shape index (κ2) is 4.34. The van der Waals surface area contributed by atoms with Crippen molar-refractivity contribution >= 4 is 17.1 Å². The van der Waals surface area contributed by atoms with Crippen LogP contribution in [0.5, 0.6) is 0 Å². The molecule has 0 aliphatic heterocycles. The first-order valence-corrected chi connectivity index (χ1v) is 6.94. The molecular weight excluding hydrogens is 226 g/mol. The zero-order valence-corrected chi connectivity index (χ0v) is 11.1. The van der Waals surface area contributed by atoms with Crippen LogP contribution in [0.15, 0.2) is 10.5 Å². The maximum Gasteiger partial charge on any atom is 0.247 e. The van der Waals surface area contributed by atoms with E-state index >= 15 is 0 Å². The summed E-state index contributed by atoms with van der Waals surface area (Å²) in [6.07, 6.45) is 6.48. The number of imidazole rings is 1. The summed E-state index contributed by atoms with van der Waals surface area (Å²) in [4.78, 5) is 4.62. The molecule has 2 heterocycles. The van der Waals surface area contributed by atoms with Gasteiger partial charge in [0, 0.05) is 18.0 Å². The maximum absolute atomic E-state index is 5.74. The largest absolute Gasteiger partial charge is 0.421 e. The van der Waals surface area contributed by atoms with Crippen LogP contribution in [-0.2, 0) is 0 Å². The molecule has 0 saturated heterocycles. The number of nitrogens with zero attached hydrogens (tertiary/aromatic N) is 2. The van der Waals surface area contributed by atoms with Gasteiger partial charge in [0.25, 0.3) is 0 Å². The van der Waals surface area contributed by atoms with Crippen molar-refractivity contribution in [2.75, 3.05) is 5.73 Å². The minimum Gasteiger partial charge on any atom is -0.421 e. The van der Waals surface area contributed by atoms with Crippen LogP contribution in [-0.4, -0.2) is 9.55 Å². The molecule has 0 atom stereocenters. The molecule has 0 unspecified atom stereocenters. The van der Waals surface area contributed by atoms with Crippen LogP contribution < -0.4 is 5.73 Å². The van der Waals surface area contributed by atoms with Gasteiger partial charge in [-0.15, -0.1) is 0 Å². The summed E-state index contributed by atoms with van der Waals surface area (Å²) in [6, 6.07) is 2.49. The van der Waals surface area contributed by atoms with Crippen LogP contribution in [0.25, 0.3) is 11.2 Å². The van der Waals surface area contributed by atoms with Crippen LogP contribution in [0.2, 0.25) is 0 Å². The van der Waals surface area contributed by atoms with E-state index < -0.39 is 0 Å². The van der Waals surface area contributed by atoms with E-state index in [0.29, 0.717) is 23.6 Å². The van der Waals surface area contributed by atoms with Crippen LogP contribution in [0.4, 0.5) is 5.88 Å². The number of nitrogens with two attached hydrogens (primary N) is 1. The first-order chi connectivity index (χ1) is 8.66. The number of rotatable bonds is 2. The number of anilines is 1. The third kappa shape index (κ3) is 1.80. The van der Waals surface area contributed by atoms with E-state index in [1.54, 1.807) is 0 Å². The Balaban J connectivity index is 2.12. The van der Waals surface area contributed by atoms with Gasteiger partial charge in [0.1, 0.15) is 11.3 Å². The van der Waals surface area contributed by atoms with Gasteiger partial charge in [-0.1, -0.05) is 33.1 Å². The molecule has 2 N–H and O–H groups in total. The van der Waals surface area contributed by atoms with Crippen molar-refractivity contribution in [1.82, 2.24) is 9.55 Å². The maximum atomic E-state index is 5.74. The van der Waals surface area contributed by atoms with Gasteiger partial charge in [0.2, 0.25) is 5.71 Å². The number of aromatic nitrogens is 2. The Bertz CT molecular complexity index is 547. The fourth-order valence-corrected chi connectivity index (χ4v) is 3.05. The lowest BCUT2D eigenvalue weighted by Gasteiger charge is -2.26. The molecule has 4 nitrogen and oxygen atoms in total. The summed E-state index contributed by atoms with van der Waals surface area (Å²) >= 11 is 0. The molecule has 0 amide bonds. The Morgan fingerprint density at radius 3 is 2.72 bits per heavy atom. The number of hydrogen-bond acceptors (Lipinski definition) is 3. The van der Waals surface area contributed by atoms with Gasteiger partial charge < -0.3 is 14.7 Å². The summed E-state index contributed by atoms with van der Waals surface area (Å²) in [5, 5.41) is 0. The minimum atomic E-state index is 0.413. The number of fused-ring (bicyclic) bond motifs is 1. The van der Waals surface area contributed by atoms with E-state index in [9.17, 15) is 0 Å². The molecular formula is C14H21N3O. The van der Waals surface area contributed by atoms with Crippen molar-refractivity contribution in [1.29, 1.82) is 0 Å². The first kappa shape index (κ1) is 11.6. The van der Waals surface area contributed by atoms with Gasteiger partial charge >= 0.3 is 0 Å². The quantitative estimate of drug-likeness (QED) is 0.877. The topological polar surface area (TPSA) is 57.0 Å². The second-order valence-electron chi connectivity index (χ2n) is 5.63. The predicted octanol–water partition coefficient (Wildman–Crippen LogP) is 3.84. The molecule has 4 heteroatoms. The van der Waals surface area contributed by atoms with Crippen molar-refractivity contribution in [2.45, 2.75) is 57.9 Å². The number of furan rings is 1. The highest BCUT2D eigenvalue weighted by Gasteiger charge is 2.24. The smallest absolute Gasteiger partial charge is 0.247 e. The molecule has 0 spiro atoms. The Labute approximate surface area is 107 Å². The lowest BCUT2D eigenvalue weighted by atomic mass is 9.95. The Kier molecular flexibility index (Phi) is 2.80. The standard InChI is InChI=1S/C14H21N3O/c1-9(2)13-16-14-11(8-12(15)18-14)17(13)10-6-4-3-5-7-10/h8-10H,3-7,15H2,1-2H3. The van der Waals surface area contributed by atoms with Crippen molar-refractivity contribution in [3.63, 3.8) is 0 Å². The molecule has 18 heavy (non-hydrogen) atoms. The molecule has 3 rings (SSSR count). The summed E-state index contributed by atoms with van der Waals surface area (Å²) in [7, 11) is 0. The Hall–Kier alpha value is -1.45. The van der Waals surface area contributed by atoms with Crippen LogP contribution in [0.3, 0.4) is 0 Å². The average Bonchev–Trinajstić information content (AvgIpc) is 2.85. The van der Waals surface area contributed by atoms with Crippen LogP contribution in [0.1, 0.15) is 63.7 Å². The highest BCUT2D eigenvalue weighted by atomic mass is 16.4. The normalized spacial score (nSPS) is 17.9. The summed E-state index contributed by atoms with van der Waals surface area (Å²) in [6.45, 7) is 4.37. The van der Waals surface area contributed by atoms with Crippen LogP contribution >= 0.6 is 0 Å². The van der Waals surface area contributed by atoms with E-state index in [0.717, 1.165) is 11.3 Å². The van der Waals surface area contributed by atoms with E-state index in [2.05, 4.69) is 23.4 Å². The van der Waals surface area contributed by atoms with Crippen LogP contribution in [0, 0.1) is 0 Å². The Morgan fingerprint density at radius 1 is 1.33 bits per heavy atom. The second-order valence-corrected chi connectivity index (χ2v) is 5.63. The predicted molar refractivity (Wildman–Crippen MR) is 72.6 cm³/mol. The lowest BCUT2D eigenvalue weighted by Crippen LogP contribution is -2.16. The Morgan fingerprint density at radius 2 is 2.06 bits per heavy atom. The van der Waals surface area contributed by atoms with Crippen molar-refractivity contribution < 1.29 is 4.42 Å². The number of hydrogen-bond donors (Lipinski definition) is 1. The SMILES string of the molecule is CC(C)c1nc2oc(N)cc2n1C1CCCCC1. The molecule has 0 bridgehead atoms. The molecule has 2 aromatic heterocycles. The van der Waals surface area contributed by atoms with E-state index in [1.807, 2.05) is 6.07 Å². The minimum absolute atomic E-state index is 0.413. The fraction of sp³-hybridized carbons (Fsp3) is 0.643. The highest BCUT2D eigenvalue weighted by molar-refractivity contribution is 5.74. The molecule has 1 fully saturated rings. The number of nitrogen functional groups attached to an aromatic ring is 1. The van der Waals surface area contributed by atoms with Gasteiger partial charge in [-0.3, -0.25) is 0 Å². The van der Waals surface area contributed by atoms with Gasteiger partial charge in [-0.2, -0.15) is 4.98 Å². The zero-order valence-electron chi connectivity index (χ0n) is 11.1. The van der Waals surface area contributed by atoms with Crippen molar-refractivity contribution in [3.05, 3.63) is 11.9 Å². The lowest BCUT2D eigenvalue weighted by molar-refractivity contribution is 0.349.